The molecule has 8 N–H and O–H groups in total. The predicted octanol–water partition coefficient (Wildman–Crippen LogP) is -5.11. The quantitative estimate of drug-likeness (QED) is 0.202. The van der Waals surface area contributed by atoms with Crippen molar-refractivity contribution in [1.29, 1.82) is 0 Å². The average Bonchev–Trinajstić information content (AvgIpc) is 2.65. The van der Waals surface area contributed by atoms with E-state index in [1.165, 1.54) is 13.8 Å². The second kappa shape index (κ2) is 10.1. The monoisotopic (exact) mass is 424 g/mol. The molecule has 10 atom stereocenters. The van der Waals surface area contributed by atoms with Crippen LogP contribution in [0.5, 0.6) is 0 Å². The zero-order chi connectivity index (χ0) is 21.9. The molecule has 0 aromatic carbocycles. The fourth-order valence-electron chi connectivity index (χ4n) is 3.28. The summed E-state index contributed by atoms with van der Waals surface area (Å²) < 4.78 is 16.0. The molecule has 2 aliphatic heterocycles. The summed E-state index contributed by atoms with van der Waals surface area (Å²) in [5, 5.41) is 64.4. The van der Waals surface area contributed by atoms with Crippen LogP contribution in [0.1, 0.15) is 13.8 Å². The van der Waals surface area contributed by atoms with Crippen LogP contribution in [-0.2, 0) is 23.8 Å². The van der Waals surface area contributed by atoms with Crippen molar-refractivity contribution in [2.75, 3.05) is 13.2 Å². The Balaban J connectivity index is 2.05. The minimum atomic E-state index is -1.64. The van der Waals surface area contributed by atoms with Crippen LogP contribution < -0.4 is 10.6 Å². The molecule has 2 aliphatic rings. The second-order valence-corrected chi connectivity index (χ2v) is 7.04. The molecule has 0 spiro atoms. The van der Waals surface area contributed by atoms with Crippen LogP contribution in [0.3, 0.4) is 0 Å². The van der Waals surface area contributed by atoms with Crippen LogP contribution in [0.4, 0.5) is 0 Å². The van der Waals surface area contributed by atoms with Gasteiger partial charge in [0.25, 0.3) is 0 Å². The lowest BCUT2D eigenvalue weighted by Gasteiger charge is -2.44. The molecule has 0 radical (unpaired) electrons. The fraction of sp³-hybridized carbons (Fsp3) is 0.875. The summed E-state index contributed by atoms with van der Waals surface area (Å²) in [6.07, 6.45) is -11.5. The highest BCUT2D eigenvalue weighted by Crippen LogP contribution is 2.25. The molecule has 13 heteroatoms. The highest BCUT2D eigenvalue weighted by Gasteiger charge is 2.48. The van der Waals surface area contributed by atoms with Crippen molar-refractivity contribution >= 4 is 11.8 Å². The number of hydrogen-bond acceptors (Lipinski definition) is 11. The van der Waals surface area contributed by atoms with E-state index in [1.807, 2.05) is 0 Å². The maximum atomic E-state index is 11.4. The topological polar surface area (TPSA) is 207 Å². The standard InChI is InChI=1S/C16H28N2O11/c1-5(20)17-9-13(24)12(23)8(28-15(9)26)4-27-16-10(18-6(2)21)14(25)11(22)7(3-19)29-16/h7-16,19,22-26H,3-4H2,1-2H3,(H,17,20)(H,18,21)/t7-,8-,9+,10+,11+,12-,13-,14-,15+,16-/m1/s1. The van der Waals surface area contributed by atoms with Gasteiger partial charge in [0.05, 0.1) is 13.2 Å². The number of rotatable bonds is 6. The van der Waals surface area contributed by atoms with Crippen LogP contribution in [0, 0.1) is 0 Å². The van der Waals surface area contributed by atoms with Gasteiger partial charge in [0.2, 0.25) is 11.8 Å². The molecule has 2 fully saturated rings. The molecule has 168 valence electrons. The summed E-state index contributed by atoms with van der Waals surface area (Å²) in [7, 11) is 0. The van der Waals surface area contributed by atoms with E-state index >= 15 is 0 Å². The van der Waals surface area contributed by atoms with Gasteiger partial charge in [-0.25, -0.2) is 0 Å². The number of hydrogen-bond donors (Lipinski definition) is 8. The van der Waals surface area contributed by atoms with Crippen molar-refractivity contribution in [3.63, 3.8) is 0 Å². The van der Waals surface area contributed by atoms with Gasteiger partial charge in [-0.2, -0.15) is 0 Å². The molecule has 0 aromatic rings. The Morgan fingerprint density at radius 2 is 1.34 bits per heavy atom. The van der Waals surface area contributed by atoms with Gasteiger partial charge in [-0.15, -0.1) is 0 Å². The van der Waals surface area contributed by atoms with Crippen molar-refractivity contribution in [2.24, 2.45) is 0 Å². The van der Waals surface area contributed by atoms with Gasteiger partial charge in [-0.1, -0.05) is 0 Å². The zero-order valence-corrected chi connectivity index (χ0v) is 15.9. The van der Waals surface area contributed by atoms with E-state index in [4.69, 9.17) is 14.2 Å². The molecule has 0 aromatic heterocycles. The third-order valence-corrected chi connectivity index (χ3v) is 4.77. The maximum absolute atomic E-state index is 11.4. The van der Waals surface area contributed by atoms with Crippen LogP contribution in [-0.4, -0.2) is 117 Å². The molecule has 0 saturated carbocycles. The number of carbonyl (C=O) groups excluding carboxylic acids is 2. The summed E-state index contributed by atoms with van der Waals surface area (Å²) in [6, 6.07) is -2.46. The van der Waals surface area contributed by atoms with Crippen LogP contribution in [0.15, 0.2) is 0 Å². The minimum absolute atomic E-state index is 0.455. The molecular formula is C16H28N2O11. The van der Waals surface area contributed by atoms with Gasteiger partial charge >= 0.3 is 0 Å². The Morgan fingerprint density at radius 1 is 0.828 bits per heavy atom. The van der Waals surface area contributed by atoms with E-state index in [2.05, 4.69) is 10.6 Å². The summed E-state index contributed by atoms with van der Waals surface area (Å²) in [5.74, 6) is -1.09. The molecule has 2 amide bonds. The van der Waals surface area contributed by atoms with Crippen molar-refractivity contribution in [1.82, 2.24) is 10.6 Å². The highest BCUT2D eigenvalue weighted by atomic mass is 16.7. The van der Waals surface area contributed by atoms with E-state index in [9.17, 15) is 40.2 Å². The predicted molar refractivity (Wildman–Crippen MR) is 91.8 cm³/mol. The van der Waals surface area contributed by atoms with Gasteiger partial charge in [0.15, 0.2) is 12.6 Å². The number of amides is 2. The first-order chi connectivity index (χ1) is 13.6. The largest absolute Gasteiger partial charge is 0.394 e. The molecule has 2 saturated heterocycles. The SMILES string of the molecule is CC(=O)N[C@@H]1[C@H](OC[C@H]2O[C@H](O)[C@@H](NC(C)=O)[C@@H](O)[C@@H]2O)O[C@H](CO)[C@H](O)[C@@H]1O. The third-order valence-electron chi connectivity index (χ3n) is 4.77. The van der Waals surface area contributed by atoms with Gasteiger partial charge in [-0.3, -0.25) is 9.59 Å². The summed E-state index contributed by atoms with van der Waals surface area (Å²) in [6.45, 7) is 1.26. The number of ether oxygens (including phenoxy) is 3. The Hall–Kier alpha value is -1.42. The third kappa shape index (κ3) is 5.59. The average molecular weight is 424 g/mol. The van der Waals surface area contributed by atoms with Gasteiger partial charge in [0.1, 0.15) is 48.7 Å². The first kappa shape index (κ1) is 23.9. The Kier molecular flexibility index (Phi) is 8.28. The maximum Gasteiger partial charge on any atom is 0.217 e. The number of aliphatic hydroxyl groups is 6. The molecule has 29 heavy (non-hydrogen) atoms. The highest BCUT2D eigenvalue weighted by molar-refractivity contribution is 5.73. The molecule has 0 bridgehead atoms. The first-order valence-electron chi connectivity index (χ1n) is 9.04. The van der Waals surface area contributed by atoms with E-state index in [0.717, 1.165) is 0 Å². The molecule has 0 unspecified atom stereocenters. The minimum Gasteiger partial charge on any atom is -0.394 e. The lowest BCUT2D eigenvalue weighted by Crippen LogP contribution is -2.66. The Morgan fingerprint density at radius 3 is 1.90 bits per heavy atom. The summed E-state index contributed by atoms with van der Waals surface area (Å²) in [4.78, 5) is 22.6. The van der Waals surface area contributed by atoms with Crippen LogP contribution in [0.25, 0.3) is 0 Å². The van der Waals surface area contributed by atoms with Crippen molar-refractivity contribution in [3.05, 3.63) is 0 Å². The lowest BCUT2D eigenvalue weighted by molar-refractivity contribution is -0.297. The normalized spacial score (nSPS) is 42.9. The van der Waals surface area contributed by atoms with Crippen molar-refractivity contribution in [3.8, 4) is 0 Å². The summed E-state index contributed by atoms with van der Waals surface area (Å²) >= 11 is 0. The summed E-state index contributed by atoms with van der Waals surface area (Å²) in [5.41, 5.74) is 0. The number of aliphatic hydroxyl groups excluding tert-OH is 6. The van der Waals surface area contributed by atoms with Gasteiger partial charge in [-0.05, 0) is 0 Å². The van der Waals surface area contributed by atoms with Crippen molar-refractivity contribution < 1.29 is 54.4 Å². The van der Waals surface area contributed by atoms with E-state index in [1.54, 1.807) is 0 Å². The molecule has 2 heterocycles. The van der Waals surface area contributed by atoms with E-state index < -0.39 is 86.3 Å². The van der Waals surface area contributed by atoms with E-state index in [0.29, 0.717) is 0 Å². The van der Waals surface area contributed by atoms with Crippen LogP contribution in [0.2, 0.25) is 0 Å². The zero-order valence-electron chi connectivity index (χ0n) is 15.9. The second-order valence-electron chi connectivity index (χ2n) is 7.04. The Bertz CT molecular complexity index is 579. The first-order valence-corrected chi connectivity index (χ1v) is 9.04. The van der Waals surface area contributed by atoms with Crippen molar-refractivity contribution in [2.45, 2.75) is 75.1 Å². The molecule has 0 aliphatic carbocycles. The fourth-order valence-corrected chi connectivity index (χ4v) is 3.28. The van der Waals surface area contributed by atoms with Gasteiger partial charge in [0, 0.05) is 13.8 Å². The Labute approximate surface area is 166 Å². The smallest absolute Gasteiger partial charge is 0.217 e. The lowest BCUT2D eigenvalue weighted by atomic mass is 9.96. The van der Waals surface area contributed by atoms with Gasteiger partial charge < -0.3 is 55.5 Å². The van der Waals surface area contributed by atoms with Crippen LogP contribution >= 0.6 is 0 Å². The van der Waals surface area contributed by atoms with E-state index in [-0.39, 0.29) is 0 Å². The molecule has 2 rings (SSSR count). The number of carbonyl (C=O) groups is 2. The number of nitrogens with one attached hydrogen (secondary N) is 2. The molecular weight excluding hydrogens is 396 g/mol. The molecule has 13 nitrogen and oxygen atoms in total.